The summed E-state index contributed by atoms with van der Waals surface area (Å²) in [6.45, 7) is 11.1. The lowest BCUT2D eigenvalue weighted by atomic mass is 9.55. The summed E-state index contributed by atoms with van der Waals surface area (Å²) < 4.78 is 4.80. The molecule has 2 aliphatic rings. The Balaban J connectivity index is 2.21. The summed E-state index contributed by atoms with van der Waals surface area (Å²) in [6.07, 6.45) is 6.48. The Morgan fingerprint density at radius 3 is 2.50 bits per heavy atom. The lowest BCUT2D eigenvalue weighted by molar-refractivity contribution is -0.141. The van der Waals surface area contributed by atoms with Crippen LogP contribution in [0.25, 0.3) is 0 Å². The van der Waals surface area contributed by atoms with E-state index >= 15 is 0 Å². The second-order valence-electron chi connectivity index (χ2n) is 8.79. The third-order valence-corrected chi connectivity index (χ3v) is 6.92. The zero-order valence-corrected chi connectivity index (χ0v) is 16.3. The molecule has 0 amide bonds. The third-order valence-electron chi connectivity index (χ3n) is 6.92. The largest absolute Gasteiger partial charge is 0.469 e. The molecule has 136 valence electrons. The third kappa shape index (κ3) is 3.45. The summed E-state index contributed by atoms with van der Waals surface area (Å²) in [7, 11) is 1.46. The highest BCUT2D eigenvalue weighted by Crippen LogP contribution is 2.56. The summed E-state index contributed by atoms with van der Waals surface area (Å²) in [5.74, 6) is 1.25. The van der Waals surface area contributed by atoms with Crippen molar-refractivity contribution in [3.05, 3.63) is 11.1 Å². The molecular weight excluding hydrogens is 300 g/mol. The van der Waals surface area contributed by atoms with Crippen LogP contribution in [0.5, 0.6) is 0 Å². The number of ether oxygens (including phenoxy) is 1. The monoisotopic (exact) mass is 334 g/mol. The molecule has 0 radical (unpaired) electrons. The van der Waals surface area contributed by atoms with Crippen molar-refractivity contribution in [2.24, 2.45) is 22.7 Å². The van der Waals surface area contributed by atoms with Crippen molar-refractivity contribution in [1.29, 1.82) is 0 Å². The number of Topliss-reactive ketones (excluding diaryl/α,β-unsaturated/α-hetero) is 1. The zero-order valence-electron chi connectivity index (χ0n) is 16.3. The van der Waals surface area contributed by atoms with Crippen LogP contribution in [-0.2, 0) is 14.3 Å². The van der Waals surface area contributed by atoms with Gasteiger partial charge in [0.15, 0.2) is 0 Å². The van der Waals surface area contributed by atoms with Gasteiger partial charge in [-0.05, 0) is 63.2 Å². The van der Waals surface area contributed by atoms with Gasteiger partial charge in [-0.3, -0.25) is 9.59 Å². The molecule has 3 atom stereocenters. The van der Waals surface area contributed by atoms with Crippen molar-refractivity contribution in [2.75, 3.05) is 7.11 Å². The van der Waals surface area contributed by atoms with Crippen molar-refractivity contribution in [2.45, 2.75) is 79.6 Å². The van der Waals surface area contributed by atoms with Gasteiger partial charge >= 0.3 is 5.97 Å². The van der Waals surface area contributed by atoms with Gasteiger partial charge < -0.3 is 4.74 Å². The van der Waals surface area contributed by atoms with Crippen LogP contribution in [0.1, 0.15) is 79.6 Å². The molecule has 0 saturated carbocycles. The first-order valence-corrected chi connectivity index (χ1v) is 9.46. The van der Waals surface area contributed by atoms with Gasteiger partial charge in [0.05, 0.1) is 7.11 Å². The van der Waals surface area contributed by atoms with Crippen LogP contribution in [0.2, 0.25) is 0 Å². The SMILES string of the molecule is COC(=O)CC(C)CCC1(C)C2=C(CCC1C)C(C)(C)C(=O)CC2. The molecule has 2 rings (SSSR count). The number of carbonyl (C=O) groups is 2. The Morgan fingerprint density at radius 2 is 1.88 bits per heavy atom. The summed E-state index contributed by atoms with van der Waals surface area (Å²) in [4.78, 5) is 23.9. The van der Waals surface area contributed by atoms with E-state index in [1.54, 1.807) is 5.57 Å². The smallest absolute Gasteiger partial charge is 0.305 e. The van der Waals surface area contributed by atoms with E-state index in [-0.39, 0.29) is 16.8 Å². The predicted molar refractivity (Wildman–Crippen MR) is 96.6 cm³/mol. The minimum atomic E-state index is -0.285. The molecule has 0 spiro atoms. The molecule has 0 saturated heterocycles. The number of carbonyl (C=O) groups excluding carboxylic acids is 2. The molecule has 0 aliphatic heterocycles. The fraction of sp³-hybridized carbons (Fsp3) is 0.810. The average Bonchev–Trinajstić information content (AvgIpc) is 2.52. The first-order chi connectivity index (χ1) is 11.1. The number of hydrogen-bond acceptors (Lipinski definition) is 3. The molecule has 3 unspecified atom stereocenters. The number of esters is 1. The number of rotatable bonds is 5. The number of allylic oxidation sites excluding steroid dienone is 2. The summed E-state index contributed by atoms with van der Waals surface area (Å²) in [6, 6.07) is 0. The Labute approximate surface area is 147 Å². The van der Waals surface area contributed by atoms with Crippen molar-refractivity contribution in [1.82, 2.24) is 0 Å². The highest BCUT2D eigenvalue weighted by atomic mass is 16.5. The first kappa shape index (κ1) is 19.2. The molecule has 3 heteroatoms. The van der Waals surface area contributed by atoms with E-state index in [4.69, 9.17) is 4.74 Å². The van der Waals surface area contributed by atoms with Gasteiger partial charge in [0.25, 0.3) is 0 Å². The van der Waals surface area contributed by atoms with Crippen LogP contribution >= 0.6 is 0 Å². The first-order valence-electron chi connectivity index (χ1n) is 9.46. The number of methoxy groups -OCH3 is 1. The summed E-state index contributed by atoms with van der Waals surface area (Å²) >= 11 is 0. The van der Waals surface area contributed by atoms with Crippen molar-refractivity contribution in [3.8, 4) is 0 Å². The van der Waals surface area contributed by atoms with E-state index in [0.29, 0.717) is 30.5 Å². The molecule has 0 aromatic carbocycles. The minimum absolute atomic E-state index is 0.117. The molecule has 3 nitrogen and oxygen atoms in total. The molecule has 0 bridgehead atoms. The second kappa shape index (κ2) is 7.01. The summed E-state index contributed by atoms with van der Waals surface area (Å²) in [5, 5.41) is 0. The zero-order chi connectivity index (χ0) is 18.1. The van der Waals surface area contributed by atoms with E-state index in [1.165, 1.54) is 12.7 Å². The van der Waals surface area contributed by atoms with E-state index in [0.717, 1.165) is 32.1 Å². The molecule has 24 heavy (non-hydrogen) atoms. The lowest BCUT2D eigenvalue weighted by Gasteiger charge is -2.49. The van der Waals surface area contributed by atoms with E-state index in [9.17, 15) is 9.59 Å². The fourth-order valence-corrected chi connectivity index (χ4v) is 4.73. The Kier molecular flexibility index (Phi) is 5.61. The molecule has 0 aromatic heterocycles. The van der Waals surface area contributed by atoms with Crippen molar-refractivity contribution >= 4 is 11.8 Å². The predicted octanol–water partition coefficient (Wildman–Crippen LogP) is 5.09. The topological polar surface area (TPSA) is 43.4 Å². The van der Waals surface area contributed by atoms with Gasteiger partial charge in [-0.25, -0.2) is 0 Å². The van der Waals surface area contributed by atoms with Gasteiger partial charge in [-0.1, -0.05) is 31.9 Å². The normalized spacial score (nSPS) is 30.8. The van der Waals surface area contributed by atoms with Crippen LogP contribution < -0.4 is 0 Å². The molecular formula is C21H34O3. The van der Waals surface area contributed by atoms with Crippen LogP contribution in [0.4, 0.5) is 0 Å². The Morgan fingerprint density at radius 1 is 1.21 bits per heavy atom. The molecule has 0 fully saturated rings. The van der Waals surface area contributed by atoms with Gasteiger partial charge in [0.2, 0.25) is 0 Å². The van der Waals surface area contributed by atoms with Gasteiger partial charge in [-0.2, -0.15) is 0 Å². The average molecular weight is 335 g/mol. The highest BCUT2D eigenvalue weighted by Gasteiger charge is 2.47. The Hall–Kier alpha value is -1.12. The second-order valence-corrected chi connectivity index (χ2v) is 8.79. The van der Waals surface area contributed by atoms with E-state index in [2.05, 4.69) is 34.6 Å². The van der Waals surface area contributed by atoms with Gasteiger partial charge in [-0.15, -0.1) is 0 Å². The van der Waals surface area contributed by atoms with Gasteiger partial charge in [0, 0.05) is 18.3 Å². The van der Waals surface area contributed by atoms with Crippen LogP contribution in [-0.4, -0.2) is 18.9 Å². The van der Waals surface area contributed by atoms with Crippen molar-refractivity contribution < 1.29 is 14.3 Å². The minimum Gasteiger partial charge on any atom is -0.469 e. The van der Waals surface area contributed by atoms with Crippen LogP contribution in [0.15, 0.2) is 11.1 Å². The molecule has 0 N–H and O–H groups in total. The standard InChI is InChI=1S/C21H34O3/c1-14(13-19(23)24-6)11-12-21(5)15(2)7-8-16-17(21)9-10-18(22)20(16,3)4/h14-15H,7-13H2,1-6H3. The summed E-state index contributed by atoms with van der Waals surface area (Å²) in [5.41, 5.74) is 2.85. The molecule has 0 heterocycles. The maximum atomic E-state index is 12.4. The quantitative estimate of drug-likeness (QED) is 0.519. The van der Waals surface area contributed by atoms with E-state index < -0.39 is 0 Å². The Bertz CT molecular complexity index is 543. The maximum absolute atomic E-state index is 12.4. The van der Waals surface area contributed by atoms with Crippen molar-refractivity contribution in [3.63, 3.8) is 0 Å². The van der Waals surface area contributed by atoms with Gasteiger partial charge in [0.1, 0.15) is 5.78 Å². The van der Waals surface area contributed by atoms with Crippen LogP contribution in [0.3, 0.4) is 0 Å². The number of ketones is 1. The fourth-order valence-electron chi connectivity index (χ4n) is 4.73. The molecule has 2 aliphatic carbocycles. The lowest BCUT2D eigenvalue weighted by Crippen LogP contribution is -2.41. The van der Waals surface area contributed by atoms with Crippen LogP contribution in [0, 0.1) is 22.7 Å². The number of hydrogen-bond donors (Lipinski definition) is 0. The van der Waals surface area contributed by atoms with E-state index in [1.807, 2.05) is 0 Å². The highest BCUT2D eigenvalue weighted by molar-refractivity contribution is 5.89. The molecule has 0 aromatic rings. The maximum Gasteiger partial charge on any atom is 0.305 e.